The molecule has 16 heavy (non-hydrogen) atoms. The Kier molecular flexibility index (Phi) is 5.49. The predicted octanol–water partition coefficient (Wildman–Crippen LogP) is 0.811. The zero-order chi connectivity index (χ0) is 11.8. The highest BCUT2D eigenvalue weighted by molar-refractivity contribution is 5.69. The number of hydrogen-bond acceptors (Lipinski definition) is 6. The number of aryl methyl sites for hydroxylation is 1. The van der Waals surface area contributed by atoms with E-state index in [1.165, 1.54) is 0 Å². The first-order valence-electron chi connectivity index (χ1n) is 5.38. The summed E-state index contributed by atoms with van der Waals surface area (Å²) in [6.45, 7) is 5.26. The van der Waals surface area contributed by atoms with Crippen molar-refractivity contribution in [1.29, 1.82) is 0 Å². The molecular formula is C10H17N3O3. The van der Waals surface area contributed by atoms with Crippen LogP contribution in [-0.2, 0) is 16.1 Å². The average Bonchev–Trinajstić information content (AvgIpc) is 2.64. The minimum absolute atomic E-state index is 0.155. The zero-order valence-corrected chi connectivity index (χ0v) is 9.65. The van der Waals surface area contributed by atoms with Gasteiger partial charge in [-0.1, -0.05) is 5.16 Å². The van der Waals surface area contributed by atoms with Gasteiger partial charge in [-0.25, -0.2) is 0 Å². The van der Waals surface area contributed by atoms with Crippen LogP contribution in [-0.4, -0.2) is 29.3 Å². The molecule has 1 rings (SSSR count). The van der Waals surface area contributed by atoms with Gasteiger partial charge < -0.3 is 14.6 Å². The van der Waals surface area contributed by atoms with E-state index in [4.69, 9.17) is 9.26 Å². The molecule has 0 radical (unpaired) electrons. The van der Waals surface area contributed by atoms with Crippen molar-refractivity contribution in [2.24, 2.45) is 0 Å². The SMILES string of the molecule is CCOC(=O)CCCNCc1nc(C)no1. The Morgan fingerprint density at radius 3 is 3.00 bits per heavy atom. The van der Waals surface area contributed by atoms with Crippen molar-refractivity contribution in [3.8, 4) is 0 Å². The summed E-state index contributed by atoms with van der Waals surface area (Å²) in [5.41, 5.74) is 0. The molecule has 0 saturated carbocycles. The number of carbonyl (C=O) groups excluding carboxylic acids is 1. The standard InChI is InChI=1S/C10H17N3O3/c1-3-15-10(14)5-4-6-11-7-9-12-8(2)13-16-9/h11H,3-7H2,1-2H3. The molecule has 1 aromatic rings. The molecular weight excluding hydrogens is 210 g/mol. The molecule has 1 aromatic heterocycles. The highest BCUT2D eigenvalue weighted by atomic mass is 16.5. The van der Waals surface area contributed by atoms with Gasteiger partial charge in [0.15, 0.2) is 5.82 Å². The molecule has 0 atom stereocenters. The summed E-state index contributed by atoms with van der Waals surface area (Å²) < 4.78 is 9.72. The van der Waals surface area contributed by atoms with E-state index in [0.29, 0.717) is 31.3 Å². The average molecular weight is 227 g/mol. The topological polar surface area (TPSA) is 77.2 Å². The van der Waals surface area contributed by atoms with Gasteiger partial charge in [0.1, 0.15) is 0 Å². The Balaban J connectivity index is 2.02. The quantitative estimate of drug-likeness (QED) is 0.548. The van der Waals surface area contributed by atoms with Gasteiger partial charge in [0.25, 0.3) is 0 Å². The van der Waals surface area contributed by atoms with Crippen LogP contribution in [0.4, 0.5) is 0 Å². The Bertz CT molecular complexity index is 325. The summed E-state index contributed by atoms with van der Waals surface area (Å²) in [6.07, 6.45) is 1.18. The van der Waals surface area contributed by atoms with Gasteiger partial charge in [-0.05, 0) is 26.8 Å². The van der Waals surface area contributed by atoms with Gasteiger partial charge in [0.2, 0.25) is 5.89 Å². The van der Waals surface area contributed by atoms with Gasteiger partial charge in [-0.3, -0.25) is 4.79 Å². The summed E-state index contributed by atoms with van der Waals surface area (Å²) in [7, 11) is 0. The Morgan fingerprint density at radius 1 is 1.56 bits per heavy atom. The highest BCUT2D eigenvalue weighted by Crippen LogP contribution is 1.96. The summed E-state index contributed by atoms with van der Waals surface area (Å²) in [5, 5.41) is 6.78. The van der Waals surface area contributed by atoms with E-state index >= 15 is 0 Å². The number of aromatic nitrogens is 2. The number of rotatable bonds is 7. The van der Waals surface area contributed by atoms with Crippen molar-refractivity contribution >= 4 is 5.97 Å². The molecule has 0 aliphatic carbocycles. The lowest BCUT2D eigenvalue weighted by atomic mass is 10.3. The van der Waals surface area contributed by atoms with E-state index in [2.05, 4.69) is 15.5 Å². The lowest BCUT2D eigenvalue weighted by molar-refractivity contribution is -0.143. The second kappa shape index (κ2) is 6.95. The van der Waals surface area contributed by atoms with E-state index in [1.807, 2.05) is 0 Å². The molecule has 6 nitrogen and oxygen atoms in total. The van der Waals surface area contributed by atoms with Gasteiger partial charge >= 0.3 is 5.97 Å². The molecule has 1 N–H and O–H groups in total. The number of carbonyl (C=O) groups is 1. The van der Waals surface area contributed by atoms with Crippen molar-refractivity contribution in [2.45, 2.75) is 33.2 Å². The summed E-state index contributed by atoms with van der Waals surface area (Å²) >= 11 is 0. The molecule has 0 bridgehead atoms. The molecule has 0 unspecified atom stereocenters. The maximum atomic E-state index is 11.0. The number of esters is 1. The largest absolute Gasteiger partial charge is 0.466 e. The third-order valence-corrected chi connectivity index (χ3v) is 1.89. The van der Waals surface area contributed by atoms with Gasteiger partial charge in [0.05, 0.1) is 13.2 Å². The van der Waals surface area contributed by atoms with Gasteiger partial charge in [0, 0.05) is 6.42 Å². The molecule has 90 valence electrons. The first-order valence-corrected chi connectivity index (χ1v) is 5.38. The van der Waals surface area contributed by atoms with Crippen LogP contribution in [0.25, 0.3) is 0 Å². The molecule has 0 spiro atoms. The summed E-state index contributed by atoms with van der Waals surface area (Å²) in [5.74, 6) is 1.04. The van der Waals surface area contributed by atoms with E-state index in [1.54, 1.807) is 13.8 Å². The maximum Gasteiger partial charge on any atom is 0.305 e. The van der Waals surface area contributed by atoms with Crippen LogP contribution >= 0.6 is 0 Å². The third-order valence-electron chi connectivity index (χ3n) is 1.89. The fourth-order valence-electron chi connectivity index (χ4n) is 1.20. The molecule has 0 fully saturated rings. The monoisotopic (exact) mass is 227 g/mol. The lowest BCUT2D eigenvalue weighted by Gasteiger charge is -2.02. The molecule has 0 aromatic carbocycles. The third kappa shape index (κ3) is 4.88. The zero-order valence-electron chi connectivity index (χ0n) is 9.65. The van der Waals surface area contributed by atoms with Gasteiger partial charge in [-0.2, -0.15) is 4.98 Å². The highest BCUT2D eigenvalue weighted by Gasteiger charge is 2.03. The fraction of sp³-hybridized carbons (Fsp3) is 0.700. The number of hydrogen-bond donors (Lipinski definition) is 1. The molecule has 0 aliphatic heterocycles. The minimum Gasteiger partial charge on any atom is -0.466 e. The van der Waals surface area contributed by atoms with E-state index in [9.17, 15) is 4.79 Å². The first-order chi connectivity index (χ1) is 7.72. The van der Waals surface area contributed by atoms with Crippen molar-refractivity contribution in [3.05, 3.63) is 11.7 Å². The van der Waals surface area contributed by atoms with Crippen LogP contribution < -0.4 is 5.32 Å². The van der Waals surface area contributed by atoms with Crippen LogP contribution in [0.3, 0.4) is 0 Å². The molecule has 6 heteroatoms. The van der Waals surface area contributed by atoms with E-state index in [-0.39, 0.29) is 5.97 Å². The lowest BCUT2D eigenvalue weighted by Crippen LogP contribution is -2.16. The summed E-state index contributed by atoms with van der Waals surface area (Å²) in [4.78, 5) is 15.0. The Morgan fingerprint density at radius 2 is 2.38 bits per heavy atom. The Labute approximate surface area is 94.4 Å². The number of nitrogens with zero attached hydrogens (tertiary/aromatic N) is 2. The predicted molar refractivity (Wildman–Crippen MR) is 56.6 cm³/mol. The second-order valence-electron chi connectivity index (χ2n) is 3.32. The molecule has 0 amide bonds. The summed E-state index contributed by atoms with van der Waals surface area (Å²) in [6, 6.07) is 0. The van der Waals surface area contributed by atoms with Crippen molar-refractivity contribution in [1.82, 2.24) is 15.5 Å². The number of nitrogens with one attached hydrogen (secondary N) is 1. The van der Waals surface area contributed by atoms with Crippen LogP contribution in [0.5, 0.6) is 0 Å². The first kappa shape index (κ1) is 12.6. The van der Waals surface area contributed by atoms with Crippen LogP contribution in [0, 0.1) is 6.92 Å². The van der Waals surface area contributed by atoms with E-state index < -0.39 is 0 Å². The van der Waals surface area contributed by atoms with Crippen LogP contribution in [0.2, 0.25) is 0 Å². The van der Waals surface area contributed by atoms with Crippen molar-refractivity contribution in [3.63, 3.8) is 0 Å². The minimum atomic E-state index is -0.155. The fourth-order valence-corrected chi connectivity index (χ4v) is 1.20. The van der Waals surface area contributed by atoms with Crippen molar-refractivity contribution < 1.29 is 14.1 Å². The number of ether oxygens (including phenoxy) is 1. The Hall–Kier alpha value is -1.43. The van der Waals surface area contributed by atoms with Crippen LogP contribution in [0.1, 0.15) is 31.5 Å². The normalized spacial score (nSPS) is 10.4. The smallest absolute Gasteiger partial charge is 0.305 e. The molecule has 0 saturated heterocycles. The van der Waals surface area contributed by atoms with Gasteiger partial charge in [-0.15, -0.1) is 0 Å². The van der Waals surface area contributed by atoms with Crippen molar-refractivity contribution in [2.75, 3.05) is 13.2 Å². The molecule has 1 heterocycles. The maximum absolute atomic E-state index is 11.0. The van der Waals surface area contributed by atoms with Crippen LogP contribution in [0.15, 0.2) is 4.52 Å². The van der Waals surface area contributed by atoms with E-state index in [0.717, 1.165) is 13.0 Å². The molecule has 0 aliphatic rings. The second-order valence-corrected chi connectivity index (χ2v) is 3.32.